The number of ether oxygens (including phenoxy) is 3. The smallest absolute Gasteiger partial charge is 0.407 e. The fraction of sp³-hybridized carbons (Fsp3) is 0.409. The summed E-state index contributed by atoms with van der Waals surface area (Å²) in [6.45, 7) is 8.31. The summed E-state index contributed by atoms with van der Waals surface area (Å²) in [6.07, 6.45) is 0.296. The second-order valence-corrected chi connectivity index (χ2v) is 7.37. The summed E-state index contributed by atoms with van der Waals surface area (Å²) in [5.41, 5.74) is 3.91. The minimum atomic E-state index is -0.498. The van der Waals surface area contributed by atoms with Crippen LogP contribution in [0.5, 0.6) is 5.75 Å². The van der Waals surface area contributed by atoms with Gasteiger partial charge in [0.05, 0.1) is 0 Å². The molecule has 5 nitrogen and oxygen atoms in total. The zero-order valence-corrected chi connectivity index (χ0v) is 16.8. The molecule has 2 aromatic rings. The summed E-state index contributed by atoms with van der Waals surface area (Å²) in [5, 5.41) is 2.79. The lowest BCUT2D eigenvalue weighted by Gasteiger charge is -2.19. The van der Waals surface area contributed by atoms with Crippen molar-refractivity contribution >= 4 is 6.09 Å². The molecule has 0 bridgehead atoms. The van der Waals surface area contributed by atoms with Gasteiger partial charge in [0.15, 0.2) is 6.79 Å². The lowest BCUT2D eigenvalue weighted by molar-refractivity contribution is 0.0513. The molecule has 27 heavy (non-hydrogen) atoms. The molecular weight excluding hydrogens is 342 g/mol. The number of methoxy groups -OCH3 is 1. The molecule has 0 aliphatic carbocycles. The van der Waals surface area contributed by atoms with E-state index in [9.17, 15) is 4.79 Å². The first kappa shape index (κ1) is 20.8. The van der Waals surface area contributed by atoms with E-state index in [2.05, 4.69) is 30.4 Å². The summed E-state index contributed by atoms with van der Waals surface area (Å²) in [6, 6.07) is 14.2. The molecule has 0 fully saturated rings. The van der Waals surface area contributed by atoms with Crippen LogP contribution in [0, 0.1) is 6.92 Å². The predicted molar refractivity (Wildman–Crippen MR) is 107 cm³/mol. The standard InChI is InChI=1S/C22H29NO4/c1-16-8-6-7-9-18(16)19-14-17(10-11-20(19)26-15-25-5)12-13-23-21(24)27-22(2,3)4/h6-11,14H,12-13,15H2,1-5H3,(H,23,24). The molecule has 5 heteroatoms. The molecule has 0 saturated carbocycles. The molecule has 1 N–H and O–H groups in total. The zero-order valence-electron chi connectivity index (χ0n) is 16.8. The van der Waals surface area contributed by atoms with E-state index < -0.39 is 11.7 Å². The van der Waals surface area contributed by atoms with E-state index >= 15 is 0 Å². The number of carbonyl (C=O) groups is 1. The third-order valence-corrected chi connectivity index (χ3v) is 3.89. The van der Waals surface area contributed by atoms with Gasteiger partial charge in [0, 0.05) is 19.2 Å². The van der Waals surface area contributed by atoms with Gasteiger partial charge in [0.2, 0.25) is 0 Å². The van der Waals surface area contributed by atoms with Crippen LogP contribution >= 0.6 is 0 Å². The molecular formula is C22H29NO4. The zero-order chi connectivity index (χ0) is 19.9. The highest BCUT2D eigenvalue weighted by Crippen LogP contribution is 2.33. The molecule has 0 heterocycles. The summed E-state index contributed by atoms with van der Waals surface area (Å²) < 4.78 is 16.0. The van der Waals surface area contributed by atoms with Gasteiger partial charge in [-0.05, 0) is 62.9 Å². The molecule has 0 unspecified atom stereocenters. The quantitative estimate of drug-likeness (QED) is 0.716. The van der Waals surface area contributed by atoms with Crippen molar-refractivity contribution in [3.8, 4) is 16.9 Å². The first-order valence-electron chi connectivity index (χ1n) is 9.07. The van der Waals surface area contributed by atoms with Gasteiger partial charge in [0.25, 0.3) is 0 Å². The van der Waals surface area contributed by atoms with E-state index in [-0.39, 0.29) is 6.79 Å². The molecule has 0 radical (unpaired) electrons. The molecule has 0 aliphatic heterocycles. The molecule has 0 spiro atoms. The van der Waals surface area contributed by atoms with Crippen molar-refractivity contribution in [2.45, 2.75) is 39.7 Å². The van der Waals surface area contributed by atoms with Crippen molar-refractivity contribution in [3.05, 3.63) is 53.6 Å². The Bertz CT molecular complexity index is 765. The topological polar surface area (TPSA) is 56.8 Å². The van der Waals surface area contributed by atoms with Gasteiger partial charge in [-0.1, -0.05) is 30.3 Å². The largest absolute Gasteiger partial charge is 0.467 e. The first-order valence-corrected chi connectivity index (χ1v) is 9.07. The Kier molecular flexibility index (Phi) is 7.25. The number of amides is 1. The Morgan fingerprint density at radius 1 is 1.07 bits per heavy atom. The maximum atomic E-state index is 11.8. The van der Waals surface area contributed by atoms with Crippen molar-refractivity contribution in [2.24, 2.45) is 0 Å². The predicted octanol–water partition coefficient (Wildman–Crippen LogP) is 4.71. The van der Waals surface area contributed by atoms with Crippen LogP contribution in [0.2, 0.25) is 0 Å². The molecule has 146 valence electrons. The normalized spacial score (nSPS) is 11.1. The number of rotatable bonds is 7. The molecule has 0 atom stereocenters. The Hall–Kier alpha value is -2.53. The lowest BCUT2D eigenvalue weighted by atomic mass is 9.97. The Morgan fingerprint density at radius 2 is 1.81 bits per heavy atom. The fourth-order valence-corrected chi connectivity index (χ4v) is 2.69. The molecule has 0 aliphatic rings. The SMILES string of the molecule is COCOc1ccc(CCNC(=O)OC(C)(C)C)cc1-c1ccccc1C. The summed E-state index contributed by atoms with van der Waals surface area (Å²) in [7, 11) is 1.60. The molecule has 2 rings (SSSR count). The Balaban J connectivity index is 2.13. The van der Waals surface area contributed by atoms with Crippen LogP contribution < -0.4 is 10.1 Å². The maximum Gasteiger partial charge on any atom is 0.407 e. The monoisotopic (exact) mass is 371 g/mol. The lowest BCUT2D eigenvalue weighted by Crippen LogP contribution is -2.33. The van der Waals surface area contributed by atoms with E-state index in [0.29, 0.717) is 13.0 Å². The van der Waals surface area contributed by atoms with Crippen molar-refractivity contribution in [1.29, 1.82) is 0 Å². The molecule has 1 amide bonds. The van der Waals surface area contributed by atoms with Gasteiger partial charge in [-0.25, -0.2) is 4.79 Å². The van der Waals surface area contributed by atoms with E-state index in [1.165, 1.54) is 5.56 Å². The maximum absolute atomic E-state index is 11.8. The van der Waals surface area contributed by atoms with Gasteiger partial charge < -0.3 is 19.5 Å². The van der Waals surface area contributed by atoms with Crippen LogP contribution in [-0.2, 0) is 15.9 Å². The minimum Gasteiger partial charge on any atom is -0.467 e. The highest BCUT2D eigenvalue weighted by molar-refractivity contribution is 5.74. The Labute approximate surface area is 161 Å². The van der Waals surface area contributed by atoms with Gasteiger partial charge in [0.1, 0.15) is 11.4 Å². The number of nitrogens with one attached hydrogen (secondary N) is 1. The number of alkyl carbamates (subject to hydrolysis) is 1. The van der Waals surface area contributed by atoms with Crippen molar-refractivity contribution in [2.75, 3.05) is 20.4 Å². The number of hydrogen-bond acceptors (Lipinski definition) is 4. The third-order valence-electron chi connectivity index (χ3n) is 3.89. The highest BCUT2D eigenvalue weighted by atomic mass is 16.7. The van der Waals surface area contributed by atoms with Gasteiger partial charge in [-0.3, -0.25) is 0 Å². The highest BCUT2D eigenvalue weighted by Gasteiger charge is 2.16. The van der Waals surface area contributed by atoms with Crippen LogP contribution in [0.4, 0.5) is 4.79 Å². The first-order chi connectivity index (χ1) is 12.8. The average molecular weight is 371 g/mol. The molecule has 0 aromatic heterocycles. The van der Waals surface area contributed by atoms with E-state index in [4.69, 9.17) is 14.2 Å². The second kappa shape index (κ2) is 9.42. The number of aryl methyl sites for hydroxylation is 1. The summed E-state index contributed by atoms with van der Waals surface area (Å²) in [4.78, 5) is 11.8. The minimum absolute atomic E-state index is 0.193. The number of carbonyl (C=O) groups excluding carboxylic acids is 1. The van der Waals surface area contributed by atoms with Crippen molar-refractivity contribution in [3.63, 3.8) is 0 Å². The van der Waals surface area contributed by atoms with Crippen LogP contribution in [-0.4, -0.2) is 32.1 Å². The second-order valence-electron chi connectivity index (χ2n) is 7.37. The van der Waals surface area contributed by atoms with Gasteiger partial charge in [-0.2, -0.15) is 0 Å². The van der Waals surface area contributed by atoms with Crippen LogP contribution in [0.25, 0.3) is 11.1 Å². The third kappa shape index (κ3) is 6.61. The van der Waals surface area contributed by atoms with Gasteiger partial charge in [-0.15, -0.1) is 0 Å². The fourth-order valence-electron chi connectivity index (χ4n) is 2.69. The van der Waals surface area contributed by atoms with Crippen LogP contribution in [0.15, 0.2) is 42.5 Å². The van der Waals surface area contributed by atoms with Crippen molar-refractivity contribution in [1.82, 2.24) is 5.32 Å². The van der Waals surface area contributed by atoms with Crippen LogP contribution in [0.1, 0.15) is 31.9 Å². The Morgan fingerprint density at radius 3 is 2.48 bits per heavy atom. The van der Waals surface area contributed by atoms with E-state index in [1.807, 2.05) is 45.0 Å². The summed E-state index contributed by atoms with van der Waals surface area (Å²) in [5.74, 6) is 0.773. The number of hydrogen-bond donors (Lipinski definition) is 1. The summed E-state index contributed by atoms with van der Waals surface area (Å²) >= 11 is 0. The van der Waals surface area contributed by atoms with E-state index in [1.54, 1.807) is 7.11 Å². The van der Waals surface area contributed by atoms with E-state index in [0.717, 1.165) is 22.4 Å². The average Bonchev–Trinajstić information content (AvgIpc) is 2.59. The van der Waals surface area contributed by atoms with Gasteiger partial charge >= 0.3 is 6.09 Å². The molecule has 2 aromatic carbocycles. The number of benzene rings is 2. The van der Waals surface area contributed by atoms with Crippen molar-refractivity contribution < 1.29 is 19.0 Å². The molecule has 0 saturated heterocycles. The van der Waals surface area contributed by atoms with Crippen LogP contribution in [0.3, 0.4) is 0 Å².